The van der Waals surface area contributed by atoms with E-state index in [0.717, 1.165) is 6.42 Å². The summed E-state index contributed by atoms with van der Waals surface area (Å²) >= 11 is 0. The molecule has 0 aromatic heterocycles. The second kappa shape index (κ2) is 7.89. The molecular weight excluding hydrogens is 156 g/mol. The highest BCUT2D eigenvalue weighted by atomic mass is 16.3. The van der Waals surface area contributed by atoms with Gasteiger partial charge in [0, 0.05) is 13.0 Å². The molecule has 0 aliphatic rings. The minimum atomic E-state index is -0.297. The van der Waals surface area contributed by atoms with E-state index in [1.54, 1.807) is 0 Å². The van der Waals surface area contributed by atoms with Gasteiger partial charge in [0.2, 0.25) is 0 Å². The first-order valence-corrected chi connectivity index (χ1v) is 3.89. The summed E-state index contributed by atoms with van der Waals surface area (Å²) < 4.78 is 0. The maximum Gasteiger partial charge on any atom is 0.315 e. The Bertz CT molecular complexity index is 181. The van der Waals surface area contributed by atoms with Crippen LogP contribution in [0, 0.1) is 11.8 Å². The van der Waals surface area contributed by atoms with E-state index in [4.69, 9.17) is 5.11 Å². The molecule has 0 aromatic carbocycles. The summed E-state index contributed by atoms with van der Waals surface area (Å²) in [6.45, 7) is 2.52. The number of aliphatic hydroxyl groups is 1. The Balaban J connectivity index is 3.31. The van der Waals surface area contributed by atoms with E-state index in [0.29, 0.717) is 6.54 Å². The van der Waals surface area contributed by atoms with Crippen LogP contribution in [0.4, 0.5) is 4.79 Å². The molecule has 0 unspecified atom stereocenters. The zero-order valence-corrected chi connectivity index (χ0v) is 7.18. The van der Waals surface area contributed by atoms with Gasteiger partial charge in [0.1, 0.15) is 0 Å². The van der Waals surface area contributed by atoms with Crippen molar-refractivity contribution in [2.24, 2.45) is 0 Å². The van der Waals surface area contributed by atoms with Gasteiger partial charge in [-0.05, 0) is 0 Å². The molecule has 0 fully saturated rings. The highest BCUT2D eigenvalue weighted by Gasteiger charge is 1.93. The number of carbonyl (C=O) groups is 1. The van der Waals surface area contributed by atoms with Crippen molar-refractivity contribution in [1.82, 2.24) is 10.6 Å². The average Bonchev–Trinajstić information content (AvgIpc) is 2.09. The van der Waals surface area contributed by atoms with Crippen molar-refractivity contribution >= 4 is 6.03 Å². The topological polar surface area (TPSA) is 61.4 Å². The number of carbonyl (C=O) groups excluding carboxylic acids is 1. The molecule has 0 aliphatic heterocycles. The van der Waals surface area contributed by atoms with E-state index in [9.17, 15) is 4.79 Å². The third kappa shape index (κ3) is 6.90. The third-order valence-corrected chi connectivity index (χ3v) is 1.04. The largest absolute Gasteiger partial charge is 0.395 e. The second-order valence-corrected chi connectivity index (χ2v) is 2.04. The lowest BCUT2D eigenvalue weighted by Crippen LogP contribution is -2.37. The Labute approximate surface area is 72.3 Å². The molecule has 0 spiro atoms. The summed E-state index contributed by atoms with van der Waals surface area (Å²) in [6, 6.07) is -0.297. The molecule has 0 radical (unpaired) electrons. The van der Waals surface area contributed by atoms with Crippen molar-refractivity contribution in [1.29, 1.82) is 0 Å². The fourth-order valence-electron chi connectivity index (χ4n) is 0.544. The van der Waals surface area contributed by atoms with Gasteiger partial charge in [0.05, 0.1) is 13.2 Å². The lowest BCUT2D eigenvalue weighted by molar-refractivity contribution is 0.235. The van der Waals surface area contributed by atoms with Gasteiger partial charge in [-0.25, -0.2) is 4.79 Å². The van der Waals surface area contributed by atoms with Gasteiger partial charge in [-0.15, -0.1) is 5.92 Å². The second-order valence-electron chi connectivity index (χ2n) is 2.04. The monoisotopic (exact) mass is 170 g/mol. The molecule has 4 heteroatoms. The van der Waals surface area contributed by atoms with Crippen LogP contribution >= 0.6 is 0 Å². The van der Waals surface area contributed by atoms with Crippen molar-refractivity contribution < 1.29 is 9.90 Å². The predicted octanol–water partition coefficient (Wildman–Crippen LogP) is -0.309. The van der Waals surface area contributed by atoms with E-state index in [-0.39, 0.29) is 19.2 Å². The molecule has 4 nitrogen and oxygen atoms in total. The van der Waals surface area contributed by atoms with Crippen LogP contribution in [0.2, 0.25) is 0 Å². The van der Waals surface area contributed by atoms with Crippen LogP contribution in [0.25, 0.3) is 0 Å². The number of aliphatic hydroxyl groups excluding tert-OH is 1. The summed E-state index contributed by atoms with van der Waals surface area (Å²) in [5.41, 5.74) is 0. The number of hydrogen-bond donors (Lipinski definition) is 3. The summed E-state index contributed by atoms with van der Waals surface area (Å²) in [4.78, 5) is 10.8. The lowest BCUT2D eigenvalue weighted by Gasteiger charge is -2.01. The Hall–Kier alpha value is -1.21. The molecule has 0 rings (SSSR count). The van der Waals surface area contributed by atoms with Crippen LogP contribution in [0.1, 0.15) is 13.3 Å². The smallest absolute Gasteiger partial charge is 0.315 e. The van der Waals surface area contributed by atoms with Crippen LogP contribution in [-0.2, 0) is 0 Å². The molecule has 0 atom stereocenters. The summed E-state index contributed by atoms with van der Waals surface area (Å²) in [5, 5.41) is 13.3. The number of amides is 2. The normalized spacial score (nSPS) is 8.17. The molecule has 2 amide bonds. The molecule has 3 N–H and O–H groups in total. The fourth-order valence-corrected chi connectivity index (χ4v) is 0.544. The molecule has 0 aromatic rings. The van der Waals surface area contributed by atoms with Gasteiger partial charge in [0.25, 0.3) is 0 Å². The van der Waals surface area contributed by atoms with Gasteiger partial charge in [-0.1, -0.05) is 12.8 Å². The van der Waals surface area contributed by atoms with Crippen molar-refractivity contribution in [3.63, 3.8) is 0 Å². The van der Waals surface area contributed by atoms with Crippen molar-refractivity contribution in [3.8, 4) is 11.8 Å². The summed E-state index contributed by atoms with van der Waals surface area (Å²) in [5.74, 6) is 5.58. The van der Waals surface area contributed by atoms with E-state index in [1.807, 2.05) is 6.92 Å². The first-order chi connectivity index (χ1) is 5.81. The van der Waals surface area contributed by atoms with E-state index >= 15 is 0 Å². The van der Waals surface area contributed by atoms with Gasteiger partial charge >= 0.3 is 6.03 Å². The molecule has 12 heavy (non-hydrogen) atoms. The minimum absolute atomic E-state index is 0.0476. The quantitative estimate of drug-likeness (QED) is 0.509. The maximum absolute atomic E-state index is 10.8. The van der Waals surface area contributed by atoms with Crippen molar-refractivity contribution in [3.05, 3.63) is 0 Å². The molecule has 0 aliphatic carbocycles. The fraction of sp³-hybridized carbons (Fsp3) is 0.625. The van der Waals surface area contributed by atoms with Crippen LogP contribution < -0.4 is 10.6 Å². The summed E-state index contributed by atoms with van der Waals surface area (Å²) in [6.07, 6.45) is 0.792. The molecule has 68 valence electrons. The molecule has 0 saturated carbocycles. The number of urea groups is 1. The minimum Gasteiger partial charge on any atom is -0.395 e. The lowest BCUT2D eigenvalue weighted by atomic mass is 10.5. The highest BCUT2D eigenvalue weighted by molar-refractivity contribution is 5.74. The van der Waals surface area contributed by atoms with Gasteiger partial charge in [-0.3, -0.25) is 0 Å². The van der Waals surface area contributed by atoms with Crippen molar-refractivity contribution in [2.75, 3.05) is 19.7 Å². The van der Waals surface area contributed by atoms with Gasteiger partial charge < -0.3 is 15.7 Å². The zero-order valence-electron chi connectivity index (χ0n) is 7.18. The average molecular weight is 170 g/mol. The molecule has 0 bridgehead atoms. The van der Waals surface area contributed by atoms with Crippen LogP contribution in [0.5, 0.6) is 0 Å². The number of rotatable bonds is 3. The molecule has 0 saturated heterocycles. The highest BCUT2D eigenvalue weighted by Crippen LogP contribution is 1.67. The number of hydrogen-bond acceptors (Lipinski definition) is 2. The standard InChI is InChI=1S/C8H14N2O2/c1-2-3-4-5-9-8(12)10-6-7-11/h11H,2,5-7H2,1H3,(H2,9,10,12). The van der Waals surface area contributed by atoms with Crippen LogP contribution in [0.3, 0.4) is 0 Å². The Kier molecular flexibility index (Phi) is 7.10. The third-order valence-electron chi connectivity index (χ3n) is 1.04. The van der Waals surface area contributed by atoms with E-state index < -0.39 is 0 Å². The first-order valence-electron chi connectivity index (χ1n) is 3.89. The SMILES string of the molecule is CCC#CCNC(=O)NCCO. The predicted molar refractivity (Wildman–Crippen MR) is 46.6 cm³/mol. The van der Waals surface area contributed by atoms with E-state index in [1.165, 1.54) is 0 Å². The van der Waals surface area contributed by atoms with Gasteiger partial charge in [0.15, 0.2) is 0 Å². The maximum atomic E-state index is 10.8. The molecular formula is C8H14N2O2. The first kappa shape index (κ1) is 10.8. The van der Waals surface area contributed by atoms with E-state index in [2.05, 4.69) is 22.5 Å². The van der Waals surface area contributed by atoms with Crippen molar-refractivity contribution in [2.45, 2.75) is 13.3 Å². The van der Waals surface area contributed by atoms with Crippen LogP contribution in [-0.4, -0.2) is 30.8 Å². The summed E-state index contributed by atoms with van der Waals surface area (Å²) in [7, 11) is 0. The van der Waals surface area contributed by atoms with Gasteiger partial charge in [-0.2, -0.15) is 0 Å². The Morgan fingerprint density at radius 2 is 2.17 bits per heavy atom. The Morgan fingerprint density at radius 3 is 2.75 bits per heavy atom. The number of nitrogens with one attached hydrogen (secondary N) is 2. The molecule has 0 heterocycles. The zero-order chi connectivity index (χ0) is 9.23. The Morgan fingerprint density at radius 1 is 1.42 bits per heavy atom. The van der Waals surface area contributed by atoms with Crippen LogP contribution in [0.15, 0.2) is 0 Å².